The lowest BCUT2D eigenvalue weighted by Crippen LogP contribution is -1.96. The quantitative estimate of drug-likeness (QED) is 0.298. The summed E-state index contributed by atoms with van der Waals surface area (Å²) < 4.78 is 47.1. The van der Waals surface area contributed by atoms with Gasteiger partial charge in [0.05, 0.1) is 21.4 Å². The molecule has 0 saturated carbocycles. The Morgan fingerprint density at radius 3 is 1.29 bits per heavy atom. The fourth-order valence-corrected chi connectivity index (χ4v) is 0.641. The molecule has 0 aromatic heterocycles. The van der Waals surface area contributed by atoms with Crippen LogP contribution in [0, 0.1) is 0 Å². The highest BCUT2D eigenvalue weighted by atomic mass is 35.7. The zero-order chi connectivity index (χ0) is 11.2. The summed E-state index contributed by atoms with van der Waals surface area (Å²) in [6, 6.07) is 0. The molecule has 14 heavy (non-hydrogen) atoms. The van der Waals surface area contributed by atoms with Gasteiger partial charge in [0.2, 0.25) is 0 Å². The van der Waals surface area contributed by atoms with E-state index in [1.54, 1.807) is 0 Å². The van der Waals surface area contributed by atoms with Gasteiger partial charge in [0.1, 0.15) is 0 Å². The minimum absolute atomic E-state index is 0.488. The lowest BCUT2D eigenvalue weighted by atomic mass is 11.1. The molecule has 0 aliphatic rings. The van der Waals surface area contributed by atoms with Crippen LogP contribution in [0.1, 0.15) is 0 Å². The molecule has 0 bridgehead atoms. The van der Waals surface area contributed by atoms with Crippen molar-refractivity contribution in [2.75, 3.05) is 0 Å². The molecular formula is C2H2Cl2O8S2. The highest BCUT2D eigenvalue weighted by Crippen LogP contribution is 2.01. The molecule has 0 aromatic carbocycles. The van der Waals surface area contributed by atoms with E-state index in [9.17, 15) is 16.8 Å². The van der Waals surface area contributed by atoms with Crippen LogP contribution in [0.15, 0.2) is 12.5 Å². The summed E-state index contributed by atoms with van der Waals surface area (Å²) in [4.78, 5) is 7.54. The van der Waals surface area contributed by atoms with E-state index < -0.39 is 18.7 Å². The largest absolute Gasteiger partial charge is 0.390 e. The average molecular weight is 289 g/mol. The van der Waals surface area contributed by atoms with Crippen molar-refractivity contribution in [3.05, 3.63) is 12.5 Å². The lowest BCUT2D eigenvalue weighted by Gasteiger charge is -1.94. The van der Waals surface area contributed by atoms with Crippen molar-refractivity contribution in [2.24, 2.45) is 0 Å². The Kier molecular flexibility index (Phi) is 5.48. The van der Waals surface area contributed by atoms with Gasteiger partial charge in [-0.2, -0.15) is 16.8 Å². The minimum atomic E-state index is -4.28. The molecule has 0 rings (SSSR count). The molecule has 0 unspecified atom stereocenters. The first-order valence-corrected chi connectivity index (χ1v) is 6.92. The van der Waals surface area contributed by atoms with Gasteiger partial charge in [-0.05, 0) is 8.67 Å². The molecule has 0 radical (unpaired) electrons. The van der Waals surface area contributed by atoms with Gasteiger partial charge in [0, 0.05) is 0 Å². The summed E-state index contributed by atoms with van der Waals surface area (Å²) in [5.74, 6) is 0. The Morgan fingerprint density at radius 1 is 0.786 bits per heavy atom. The number of hydrogen-bond donors (Lipinski definition) is 0. The predicted molar refractivity (Wildman–Crippen MR) is 43.0 cm³/mol. The summed E-state index contributed by atoms with van der Waals surface area (Å²) in [5.41, 5.74) is 0. The Morgan fingerprint density at radius 2 is 1.07 bits per heavy atom. The summed E-state index contributed by atoms with van der Waals surface area (Å²) >= 11 is 0. The van der Waals surface area contributed by atoms with Crippen molar-refractivity contribution in [1.82, 2.24) is 0 Å². The van der Waals surface area contributed by atoms with E-state index in [-0.39, 0.29) is 0 Å². The molecule has 0 spiro atoms. The highest BCUT2D eigenvalue weighted by Gasteiger charge is 2.05. The molecule has 0 heterocycles. The molecule has 0 fully saturated rings. The SMILES string of the molecule is O=S(=O)(Cl)OO/C=C\OOS(=O)(=O)Cl. The average Bonchev–Trinajstić information content (AvgIpc) is 1.92. The number of rotatable bonds is 6. The normalized spacial score (nSPS) is 13.0. The van der Waals surface area contributed by atoms with Crippen LogP contribution < -0.4 is 0 Å². The van der Waals surface area contributed by atoms with Crippen molar-refractivity contribution in [3.63, 3.8) is 0 Å². The standard InChI is InChI=1S/C2H2Cl2O8S2/c3-13(5,6)11-9-1-2-10-12-14(4,7)8/h1-2H/b2-1-. The monoisotopic (exact) mass is 288 g/mol. The van der Waals surface area contributed by atoms with E-state index in [1.807, 2.05) is 0 Å². The summed E-state index contributed by atoms with van der Waals surface area (Å²) in [6.07, 6.45) is 0.976. The summed E-state index contributed by atoms with van der Waals surface area (Å²) in [7, 11) is 0.478. The van der Waals surface area contributed by atoms with Crippen LogP contribution in [0.3, 0.4) is 0 Å². The van der Waals surface area contributed by atoms with E-state index in [0.717, 1.165) is 0 Å². The smallest absolute Gasteiger partial charge is 0.325 e. The van der Waals surface area contributed by atoms with Crippen LogP contribution in [0.2, 0.25) is 0 Å². The first-order chi connectivity index (χ1) is 6.21. The fourth-order valence-electron chi connectivity index (χ4n) is 0.185. The van der Waals surface area contributed by atoms with Gasteiger partial charge in [-0.25, -0.2) is 0 Å². The van der Waals surface area contributed by atoms with Crippen molar-refractivity contribution in [1.29, 1.82) is 0 Å². The molecule has 0 amide bonds. The maximum Gasteiger partial charge on any atom is 0.390 e. The van der Waals surface area contributed by atoms with Crippen LogP contribution in [0.5, 0.6) is 0 Å². The highest BCUT2D eigenvalue weighted by molar-refractivity contribution is 8.10. The van der Waals surface area contributed by atoms with E-state index >= 15 is 0 Å². The van der Waals surface area contributed by atoms with Gasteiger partial charge in [-0.1, -0.05) is 0 Å². The maximum atomic E-state index is 10.0. The zero-order valence-corrected chi connectivity index (χ0v) is 9.14. The van der Waals surface area contributed by atoms with Crippen molar-refractivity contribution < 1.29 is 35.3 Å². The third-order valence-electron chi connectivity index (χ3n) is 0.408. The van der Waals surface area contributed by atoms with Gasteiger partial charge in [-0.3, -0.25) is 0 Å². The second-order valence-corrected chi connectivity index (χ2v) is 5.50. The molecule has 8 nitrogen and oxygen atoms in total. The zero-order valence-electron chi connectivity index (χ0n) is 5.99. The first kappa shape index (κ1) is 13.7. The van der Waals surface area contributed by atoms with E-state index in [4.69, 9.17) is 0 Å². The molecule has 0 N–H and O–H groups in total. The second kappa shape index (κ2) is 5.58. The molecule has 84 valence electrons. The van der Waals surface area contributed by atoms with Gasteiger partial charge in [0.15, 0.2) is 12.5 Å². The van der Waals surface area contributed by atoms with Gasteiger partial charge >= 0.3 is 18.7 Å². The molecule has 0 atom stereocenters. The molecule has 0 aromatic rings. The van der Waals surface area contributed by atoms with Gasteiger partial charge in [0.25, 0.3) is 0 Å². The summed E-state index contributed by atoms with van der Waals surface area (Å²) in [5, 5.41) is 0. The van der Waals surface area contributed by atoms with Crippen molar-refractivity contribution in [3.8, 4) is 0 Å². The van der Waals surface area contributed by atoms with Crippen LogP contribution in [0.25, 0.3) is 0 Å². The fraction of sp³-hybridized carbons (Fsp3) is 0. The molecule has 0 saturated heterocycles. The second-order valence-electron chi connectivity index (χ2n) is 1.39. The third-order valence-corrected chi connectivity index (χ3v) is 1.20. The van der Waals surface area contributed by atoms with E-state index in [1.165, 1.54) is 0 Å². The minimum Gasteiger partial charge on any atom is -0.325 e. The molecule has 12 heteroatoms. The first-order valence-electron chi connectivity index (χ1n) is 2.45. The Balaban J connectivity index is 3.67. The molecular weight excluding hydrogens is 287 g/mol. The number of hydrogen-bond acceptors (Lipinski definition) is 8. The van der Waals surface area contributed by atoms with Crippen molar-refractivity contribution >= 4 is 40.0 Å². The van der Waals surface area contributed by atoms with Gasteiger partial charge < -0.3 is 9.78 Å². The molecule has 0 aliphatic carbocycles. The van der Waals surface area contributed by atoms with Crippen LogP contribution in [0.4, 0.5) is 0 Å². The Labute approximate surface area is 88.0 Å². The van der Waals surface area contributed by atoms with E-state index in [2.05, 4.69) is 39.8 Å². The molecule has 0 aliphatic heterocycles. The van der Waals surface area contributed by atoms with E-state index in [0.29, 0.717) is 12.5 Å². The van der Waals surface area contributed by atoms with Crippen LogP contribution in [-0.2, 0) is 37.1 Å². The Hall–Kier alpha value is -0.260. The van der Waals surface area contributed by atoms with Crippen LogP contribution >= 0.6 is 21.4 Å². The number of halogens is 2. The third kappa shape index (κ3) is 11.7. The van der Waals surface area contributed by atoms with Crippen LogP contribution in [-0.4, -0.2) is 16.8 Å². The van der Waals surface area contributed by atoms with Gasteiger partial charge in [-0.15, -0.1) is 0 Å². The summed E-state index contributed by atoms with van der Waals surface area (Å²) in [6.45, 7) is 0. The lowest BCUT2D eigenvalue weighted by molar-refractivity contribution is -0.166. The predicted octanol–water partition coefficient (Wildman–Crippen LogP) is 0.321. The maximum absolute atomic E-state index is 10.0. The Bertz CT molecular complexity index is 342. The van der Waals surface area contributed by atoms with Crippen molar-refractivity contribution in [2.45, 2.75) is 0 Å². The topological polar surface area (TPSA) is 105 Å².